The van der Waals surface area contributed by atoms with Crippen LogP contribution in [0.1, 0.15) is 0 Å². The van der Waals surface area contributed by atoms with Gasteiger partial charge in [0.15, 0.2) is 17.6 Å². The number of aromatic nitrogens is 4. The molecule has 6 rings (SSSR count). The molecule has 0 saturated carbocycles. The molecule has 41 heavy (non-hydrogen) atoms. The quantitative estimate of drug-likeness (QED) is 0.257. The van der Waals surface area contributed by atoms with Crippen molar-refractivity contribution in [2.24, 2.45) is 0 Å². The van der Waals surface area contributed by atoms with Crippen LogP contribution in [0.25, 0.3) is 31.7 Å². The lowest BCUT2D eigenvalue weighted by Gasteiger charge is -2.26. The Hall–Kier alpha value is -4.46. The number of amides is 1. The van der Waals surface area contributed by atoms with Crippen LogP contribution < -0.4 is 24.3 Å². The number of ether oxygens (including phenoxy) is 5. The van der Waals surface area contributed by atoms with Gasteiger partial charge in [-0.1, -0.05) is 11.6 Å². The number of hydrogen-bond acceptors (Lipinski definition) is 12. The van der Waals surface area contributed by atoms with Gasteiger partial charge in [0.05, 0.1) is 49.0 Å². The van der Waals surface area contributed by atoms with E-state index in [9.17, 15) is 4.79 Å². The summed E-state index contributed by atoms with van der Waals surface area (Å²) in [5.41, 5.74) is 2.63. The molecule has 0 spiro atoms. The maximum Gasteiger partial charge on any atom is 0.411 e. The average molecular weight is 596 g/mol. The lowest BCUT2D eigenvalue weighted by Crippen LogP contribution is -2.35. The SMILES string of the molecule is COc1cnc2c(-c3nc4ccc5c(c4s3)OC[C@H](COC(=O)Nc3cnc(OCCO)nc3)O5)cc(Cl)cc2c1. The largest absolute Gasteiger partial charge is 0.495 e. The van der Waals surface area contributed by atoms with Crippen LogP contribution in [0.5, 0.6) is 23.3 Å². The Morgan fingerprint density at radius 2 is 2.05 bits per heavy atom. The Balaban J connectivity index is 1.14. The number of methoxy groups -OCH3 is 1. The molecule has 0 saturated heterocycles. The van der Waals surface area contributed by atoms with E-state index in [0.717, 1.165) is 31.7 Å². The molecular weight excluding hydrogens is 574 g/mol. The van der Waals surface area contributed by atoms with Crippen molar-refractivity contribution in [1.29, 1.82) is 0 Å². The van der Waals surface area contributed by atoms with Gasteiger partial charge < -0.3 is 28.8 Å². The highest BCUT2D eigenvalue weighted by Gasteiger charge is 2.26. The Labute approximate surface area is 241 Å². The van der Waals surface area contributed by atoms with Gasteiger partial charge in [-0.3, -0.25) is 10.3 Å². The molecule has 0 fully saturated rings. The molecular formula is C27H22ClN5O7S. The van der Waals surface area contributed by atoms with Gasteiger partial charge in [0.2, 0.25) is 0 Å². The van der Waals surface area contributed by atoms with Gasteiger partial charge in [0, 0.05) is 16.0 Å². The third-order valence-corrected chi connectivity index (χ3v) is 7.29. The summed E-state index contributed by atoms with van der Waals surface area (Å²) in [5.74, 6) is 1.74. The Morgan fingerprint density at radius 1 is 1.20 bits per heavy atom. The number of benzene rings is 2. The topological polar surface area (TPSA) is 147 Å². The number of fused-ring (bicyclic) bond motifs is 4. The van der Waals surface area contributed by atoms with Gasteiger partial charge in [-0.05, 0) is 30.3 Å². The van der Waals surface area contributed by atoms with Gasteiger partial charge in [-0.15, -0.1) is 11.3 Å². The minimum absolute atomic E-state index is 0.0422. The zero-order valence-corrected chi connectivity index (χ0v) is 23.1. The summed E-state index contributed by atoms with van der Waals surface area (Å²) in [6.45, 7) is 0.0505. The van der Waals surface area contributed by atoms with E-state index in [1.165, 1.54) is 23.7 Å². The van der Waals surface area contributed by atoms with Gasteiger partial charge in [0.1, 0.15) is 35.3 Å². The third kappa shape index (κ3) is 5.73. The number of carbonyl (C=O) groups excluding carboxylic acids is 1. The minimum atomic E-state index is -0.699. The normalized spacial score (nSPS) is 14.2. The van der Waals surface area contributed by atoms with Crippen LogP contribution >= 0.6 is 22.9 Å². The van der Waals surface area contributed by atoms with Crippen LogP contribution in [0.2, 0.25) is 5.02 Å². The molecule has 1 aliphatic rings. The molecule has 1 aliphatic heterocycles. The molecule has 4 heterocycles. The molecule has 3 aromatic heterocycles. The first-order valence-corrected chi connectivity index (χ1v) is 13.6. The third-order valence-electron chi connectivity index (χ3n) is 5.97. The summed E-state index contributed by atoms with van der Waals surface area (Å²) in [6.07, 6.45) is 3.18. The van der Waals surface area contributed by atoms with Gasteiger partial charge >= 0.3 is 12.1 Å². The van der Waals surface area contributed by atoms with Gasteiger partial charge in [-0.25, -0.2) is 19.7 Å². The summed E-state index contributed by atoms with van der Waals surface area (Å²) in [4.78, 5) is 29.5. The van der Waals surface area contributed by atoms with E-state index in [2.05, 4.69) is 20.3 Å². The zero-order chi connectivity index (χ0) is 28.3. The molecule has 2 aromatic carbocycles. The Morgan fingerprint density at radius 3 is 2.85 bits per heavy atom. The first-order valence-electron chi connectivity index (χ1n) is 12.4. The van der Waals surface area contributed by atoms with Crippen molar-refractivity contribution in [3.63, 3.8) is 0 Å². The fraction of sp³-hybridized carbons (Fsp3) is 0.222. The van der Waals surface area contributed by atoms with Crippen molar-refractivity contribution >= 4 is 55.8 Å². The second-order valence-electron chi connectivity index (χ2n) is 8.76. The summed E-state index contributed by atoms with van der Waals surface area (Å²) < 4.78 is 28.6. The number of hydrogen-bond donors (Lipinski definition) is 2. The molecule has 0 aliphatic carbocycles. The second kappa shape index (κ2) is 11.6. The number of thiazole rings is 1. The molecule has 0 unspecified atom stereocenters. The van der Waals surface area contributed by atoms with E-state index in [1.54, 1.807) is 19.4 Å². The van der Waals surface area contributed by atoms with E-state index in [4.69, 9.17) is 45.4 Å². The highest BCUT2D eigenvalue weighted by Crippen LogP contribution is 2.45. The average Bonchev–Trinajstić information content (AvgIpc) is 3.43. The number of nitrogens with one attached hydrogen (secondary N) is 1. The van der Waals surface area contributed by atoms with Crippen LogP contribution in [0.3, 0.4) is 0 Å². The van der Waals surface area contributed by atoms with Crippen molar-refractivity contribution < 1.29 is 33.6 Å². The van der Waals surface area contributed by atoms with Crippen LogP contribution in [0.15, 0.2) is 48.9 Å². The molecule has 14 heteroatoms. The first-order chi connectivity index (χ1) is 20.0. The molecule has 0 bridgehead atoms. The number of pyridine rings is 1. The fourth-order valence-electron chi connectivity index (χ4n) is 4.15. The van der Waals surface area contributed by atoms with Crippen LogP contribution in [0, 0.1) is 0 Å². The highest BCUT2D eigenvalue weighted by atomic mass is 35.5. The van der Waals surface area contributed by atoms with E-state index in [1.807, 2.05) is 24.3 Å². The van der Waals surface area contributed by atoms with Crippen molar-refractivity contribution in [2.75, 3.05) is 38.9 Å². The number of aliphatic hydroxyl groups excluding tert-OH is 1. The van der Waals surface area contributed by atoms with Crippen molar-refractivity contribution in [2.45, 2.75) is 6.10 Å². The second-order valence-corrected chi connectivity index (χ2v) is 10.2. The Bertz CT molecular complexity index is 1730. The number of rotatable bonds is 8. The van der Waals surface area contributed by atoms with Crippen molar-refractivity contribution in [3.8, 4) is 33.8 Å². The van der Waals surface area contributed by atoms with Gasteiger partial charge in [-0.2, -0.15) is 0 Å². The summed E-state index contributed by atoms with van der Waals surface area (Å²) in [5, 5.41) is 13.5. The predicted molar refractivity (Wildman–Crippen MR) is 151 cm³/mol. The van der Waals surface area contributed by atoms with E-state index in [-0.39, 0.29) is 32.4 Å². The summed E-state index contributed by atoms with van der Waals surface area (Å²) in [7, 11) is 1.59. The van der Waals surface area contributed by atoms with Crippen molar-refractivity contribution in [1.82, 2.24) is 19.9 Å². The molecule has 210 valence electrons. The van der Waals surface area contributed by atoms with E-state index in [0.29, 0.717) is 28.0 Å². The van der Waals surface area contributed by atoms with Gasteiger partial charge in [0.25, 0.3) is 0 Å². The number of anilines is 1. The Kier molecular flexibility index (Phi) is 7.55. The minimum Gasteiger partial charge on any atom is -0.495 e. The monoisotopic (exact) mass is 595 g/mol. The standard InChI is InChI=1S/C27H22ClN5O7S/c1-36-17-7-14-6-15(28)8-19(22(14)29-11-17)25-33-20-2-3-21-23(24(20)41-25)38-12-18(40-21)13-39-27(35)32-16-9-30-26(31-10-16)37-5-4-34/h2-3,6-11,18,34H,4-5,12-13H2,1H3,(H,32,35)/t18-/m1/s1. The fourth-order valence-corrected chi connectivity index (χ4v) is 5.45. The number of carbonyl (C=O) groups is 1. The summed E-state index contributed by atoms with van der Waals surface area (Å²) in [6, 6.07) is 9.28. The molecule has 1 atom stereocenters. The number of nitrogens with zero attached hydrogens (tertiary/aromatic N) is 4. The van der Waals surface area contributed by atoms with Crippen LogP contribution in [-0.4, -0.2) is 70.8 Å². The molecule has 0 radical (unpaired) electrons. The molecule has 12 nitrogen and oxygen atoms in total. The van der Waals surface area contributed by atoms with Crippen LogP contribution in [0.4, 0.5) is 10.5 Å². The maximum absolute atomic E-state index is 12.2. The zero-order valence-electron chi connectivity index (χ0n) is 21.5. The number of aliphatic hydroxyl groups is 1. The van der Waals surface area contributed by atoms with Crippen LogP contribution in [-0.2, 0) is 4.74 Å². The lowest BCUT2D eigenvalue weighted by atomic mass is 10.1. The lowest BCUT2D eigenvalue weighted by molar-refractivity contribution is 0.0383. The highest BCUT2D eigenvalue weighted by molar-refractivity contribution is 7.22. The summed E-state index contributed by atoms with van der Waals surface area (Å²) >= 11 is 7.87. The van der Waals surface area contributed by atoms with E-state index >= 15 is 0 Å². The predicted octanol–water partition coefficient (Wildman–Crippen LogP) is 4.72. The van der Waals surface area contributed by atoms with E-state index < -0.39 is 12.2 Å². The molecule has 5 aromatic rings. The molecule has 2 N–H and O–H groups in total. The number of halogens is 1. The van der Waals surface area contributed by atoms with Crippen molar-refractivity contribution in [3.05, 3.63) is 53.9 Å². The molecule has 1 amide bonds. The smallest absolute Gasteiger partial charge is 0.411 e. The maximum atomic E-state index is 12.2. The first kappa shape index (κ1) is 26.7.